The molecule has 200 valence electrons. The van der Waals surface area contributed by atoms with Crippen LogP contribution in [0.4, 0.5) is 39.0 Å². The number of anilines is 3. The number of carbonyl (C=O) groups is 1. The monoisotopic (exact) mass is 568 g/mol. The Labute approximate surface area is 226 Å². The average molecular weight is 569 g/mol. The number of rotatable bonds is 4. The summed E-state index contributed by atoms with van der Waals surface area (Å²) in [5.74, 6) is -10.2. The van der Waals surface area contributed by atoms with Gasteiger partial charge in [0.2, 0.25) is 5.82 Å². The van der Waals surface area contributed by atoms with E-state index in [4.69, 9.17) is 23.8 Å². The predicted molar refractivity (Wildman–Crippen MR) is 142 cm³/mol. The number of hydrogen-bond donors (Lipinski definition) is 2. The normalized spacial score (nSPS) is 13.5. The summed E-state index contributed by atoms with van der Waals surface area (Å²) in [6.07, 6.45) is 0. The van der Waals surface area contributed by atoms with Crippen molar-refractivity contribution in [1.29, 1.82) is 0 Å². The molecule has 0 spiro atoms. The van der Waals surface area contributed by atoms with Gasteiger partial charge in [-0.3, -0.25) is 10.1 Å². The van der Waals surface area contributed by atoms with Crippen molar-refractivity contribution in [1.82, 2.24) is 5.32 Å². The molecule has 0 aromatic heterocycles. The Morgan fingerprint density at radius 2 is 1.34 bits per heavy atom. The Balaban J connectivity index is 1.39. The van der Waals surface area contributed by atoms with Crippen LogP contribution in [0.2, 0.25) is 5.02 Å². The highest BCUT2D eigenvalue weighted by atomic mass is 35.5. The number of nitrogens with one attached hydrogen (secondary N) is 2. The van der Waals surface area contributed by atoms with Crippen LogP contribution in [0, 0.1) is 42.9 Å². The van der Waals surface area contributed by atoms with Crippen LogP contribution in [-0.2, 0) is 0 Å². The van der Waals surface area contributed by atoms with Gasteiger partial charge in [0.1, 0.15) is 5.69 Å². The Morgan fingerprint density at radius 1 is 0.816 bits per heavy atom. The number of aryl methyl sites for hydroxylation is 2. The zero-order valence-electron chi connectivity index (χ0n) is 20.3. The van der Waals surface area contributed by atoms with E-state index in [9.17, 15) is 26.7 Å². The second-order valence-corrected chi connectivity index (χ2v) is 9.66. The number of halogens is 6. The fourth-order valence-electron chi connectivity index (χ4n) is 4.33. The summed E-state index contributed by atoms with van der Waals surface area (Å²) in [6, 6.07) is 10.4. The molecule has 12 heteroatoms. The first-order valence-corrected chi connectivity index (χ1v) is 12.3. The largest absolute Gasteiger partial charge is 0.367 e. The van der Waals surface area contributed by atoms with Crippen LogP contribution in [0.3, 0.4) is 0 Å². The fraction of sp³-hybridized carbons (Fsp3) is 0.231. The predicted octanol–water partition coefficient (Wildman–Crippen LogP) is 6.11. The molecule has 0 radical (unpaired) electrons. The zero-order valence-corrected chi connectivity index (χ0v) is 21.8. The number of piperazine rings is 1. The Hall–Kier alpha value is -3.44. The molecular formula is C26H22ClF5N4OS. The van der Waals surface area contributed by atoms with Crippen LogP contribution in [0.25, 0.3) is 0 Å². The maximum absolute atomic E-state index is 14.2. The van der Waals surface area contributed by atoms with E-state index in [0.29, 0.717) is 22.0 Å². The number of hydrogen-bond acceptors (Lipinski definition) is 4. The first-order chi connectivity index (χ1) is 18.0. The van der Waals surface area contributed by atoms with Crippen molar-refractivity contribution >= 4 is 51.9 Å². The number of benzene rings is 3. The Morgan fingerprint density at radius 3 is 1.89 bits per heavy atom. The summed E-state index contributed by atoms with van der Waals surface area (Å²) >= 11 is 11.7. The van der Waals surface area contributed by atoms with Crippen molar-refractivity contribution < 1.29 is 26.7 Å². The minimum atomic E-state index is -2.19. The first-order valence-electron chi connectivity index (χ1n) is 11.5. The first kappa shape index (κ1) is 27.6. The van der Waals surface area contributed by atoms with Crippen LogP contribution < -0.4 is 20.4 Å². The second kappa shape index (κ2) is 11.1. The fourth-order valence-corrected chi connectivity index (χ4v) is 4.84. The van der Waals surface area contributed by atoms with Gasteiger partial charge in [0.25, 0.3) is 5.91 Å². The lowest BCUT2D eigenvalue weighted by molar-refractivity contribution is 0.0977. The highest BCUT2D eigenvalue weighted by molar-refractivity contribution is 7.80. The molecule has 0 aliphatic carbocycles. The second-order valence-electron chi connectivity index (χ2n) is 8.84. The van der Waals surface area contributed by atoms with Crippen molar-refractivity contribution in [3.05, 3.63) is 87.2 Å². The van der Waals surface area contributed by atoms with Crippen molar-refractivity contribution in [2.45, 2.75) is 13.8 Å². The maximum Gasteiger partial charge on any atom is 0.257 e. The van der Waals surface area contributed by atoms with E-state index in [1.165, 1.54) is 0 Å². The molecule has 4 rings (SSSR count). The summed E-state index contributed by atoms with van der Waals surface area (Å²) in [4.78, 5) is 15.5. The van der Waals surface area contributed by atoms with Gasteiger partial charge in [-0.1, -0.05) is 28.8 Å². The zero-order chi connectivity index (χ0) is 27.7. The summed E-state index contributed by atoms with van der Waals surface area (Å²) in [5.41, 5.74) is 2.56. The highest BCUT2D eigenvalue weighted by Crippen LogP contribution is 2.33. The van der Waals surface area contributed by atoms with Crippen molar-refractivity contribution in [2.24, 2.45) is 0 Å². The van der Waals surface area contributed by atoms with Gasteiger partial charge < -0.3 is 15.1 Å². The molecule has 2 N–H and O–H groups in total. The van der Waals surface area contributed by atoms with E-state index >= 15 is 0 Å². The summed E-state index contributed by atoms with van der Waals surface area (Å²) in [5, 5.41) is 5.94. The number of amides is 1. The van der Waals surface area contributed by atoms with Crippen molar-refractivity contribution in [3.63, 3.8) is 0 Å². The Kier molecular flexibility index (Phi) is 8.08. The molecule has 1 amide bonds. The lowest BCUT2D eigenvalue weighted by Crippen LogP contribution is -2.47. The van der Waals surface area contributed by atoms with Gasteiger partial charge in [-0.25, -0.2) is 22.0 Å². The minimum Gasteiger partial charge on any atom is -0.367 e. The SMILES string of the molecule is Cc1cc(C)cc(C(=O)NC(=S)Nc2ccc(N3CCN(c4c(F)c(F)c(F)c(F)c4F)CC3)c(Cl)c2)c1. The molecule has 3 aromatic rings. The van der Waals surface area contributed by atoms with E-state index in [2.05, 4.69) is 10.6 Å². The van der Waals surface area contributed by atoms with Gasteiger partial charge in [-0.2, -0.15) is 0 Å². The molecule has 38 heavy (non-hydrogen) atoms. The van der Waals surface area contributed by atoms with Crippen LogP contribution in [0.5, 0.6) is 0 Å². The maximum atomic E-state index is 14.2. The van der Waals surface area contributed by atoms with E-state index in [1.54, 1.807) is 30.3 Å². The van der Waals surface area contributed by atoms with E-state index in [-0.39, 0.29) is 37.2 Å². The van der Waals surface area contributed by atoms with Crippen LogP contribution in [0.15, 0.2) is 36.4 Å². The summed E-state index contributed by atoms with van der Waals surface area (Å²) in [7, 11) is 0. The van der Waals surface area contributed by atoms with Gasteiger partial charge in [-0.05, 0) is 56.4 Å². The van der Waals surface area contributed by atoms with Gasteiger partial charge in [-0.15, -0.1) is 0 Å². The topological polar surface area (TPSA) is 47.6 Å². The molecule has 1 saturated heterocycles. The molecule has 1 aliphatic rings. The molecule has 0 unspecified atom stereocenters. The lowest BCUT2D eigenvalue weighted by atomic mass is 10.1. The molecular weight excluding hydrogens is 547 g/mol. The smallest absolute Gasteiger partial charge is 0.257 e. The van der Waals surface area contributed by atoms with E-state index in [1.807, 2.05) is 24.8 Å². The number of thiocarbonyl (C=S) groups is 1. The quantitative estimate of drug-likeness (QED) is 0.172. The van der Waals surface area contributed by atoms with Crippen LogP contribution in [0.1, 0.15) is 21.5 Å². The molecule has 0 atom stereocenters. The molecule has 0 bridgehead atoms. The van der Waals surface area contributed by atoms with Gasteiger partial charge in [0.05, 0.1) is 10.7 Å². The van der Waals surface area contributed by atoms with Crippen molar-refractivity contribution in [3.8, 4) is 0 Å². The highest BCUT2D eigenvalue weighted by Gasteiger charge is 2.31. The van der Waals surface area contributed by atoms with Crippen LogP contribution >= 0.6 is 23.8 Å². The molecule has 3 aromatic carbocycles. The van der Waals surface area contributed by atoms with Gasteiger partial charge in [0, 0.05) is 37.4 Å². The molecule has 1 heterocycles. The average Bonchev–Trinajstić information content (AvgIpc) is 2.86. The van der Waals surface area contributed by atoms with Crippen LogP contribution in [-0.4, -0.2) is 37.2 Å². The molecule has 0 saturated carbocycles. The van der Waals surface area contributed by atoms with E-state index < -0.39 is 34.8 Å². The number of carbonyl (C=O) groups excluding carboxylic acids is 1. The third kappa shape index (κ3) is 5.68. The number of nitrogens with zero attached hydrogens (tertiary/aromatic N) is 2. The van der Waals surface area contributed by atoms with Crippen molar-refractivity contribution in [2.75, 3.05) is 41.3 Å². The third-order valence-electron chi connectivity index (χ3n) is 6.04. The minimum absolute atomic E-state index is 0.00321. The van der Waals surface area contributed by atoms with Gasteiger partial charge >= 0.3 is 0 Å². The third-order valence-corrected chi connectivity index (χ3v) is 6.55. The molecule has 1 aliphatic heterocycles. The summed E-state index contributed by atoms with van der Waals surface area (Å²) in [6.45, 7) is 4.23. The van der Waals surface area contributed by atoms with Gasteiger partial charge in [0.15, 0.2) is 28.4 Å². The molecule has 5 nitrogen and oxygen atoms in total. The Bertz CT molecular complexity index is 1380. The molecule has 1 fully saturated rings. The summed E-state index contributed by atoms with van der Waals surface area (Å²) < 4.78 is 69.0. The lowest BCUT2D eigenvalue weighted by Gasteiger charge is -2.38. The standard InChI is InChI=1S/C26H22ClF5N4OS/c1-13-9-14(2)11-15(10-13)25(37)34-26(38)33-16-3-4-18(17(27)12-16)35-5-7-36(8-6-35)24-22(31)20(29)19(28)21(30)23(24)32/h3-4,9-12H,5-8H2,1-2H3,(H2,33,34,37,38). The van der Waals surface area contributed by atoms with E-state index in [0.717, 1.165) is 16.0 Å².